The molecule has 130 valence electrons. The minimum atomic E-state index is -0.599. The normalized spacial score (nSPS) is 16.9. The van der Waals surface area contributed by atoms with Crippen molar-refractivity contribution in [3.05, 3.63) is 78.4 Å². The summed E-state index contributed by atoms with van der Waals surface area (Å²) in [5.41, 5.74) is 2.78. The van der Waals surface area contributed by atoms with E-state index in [1.54, 1.807) is 0 Å². The summed E-state index contributed by atoms with van der Waals surface area (Å²) >= 11 is 0. The number of carbonyl (C=O) groups is 1. The number of rotatable bonds is 7. The molecule has 1 heterocycles. The van der Waals surface area contributed by atoms with Gasteiger partial charge in [0.25, 0.3) is 0 Å². The number of benzene rings is 2. The second-order valence-electron chi connectivity index (χ2n) is 6.55. The maximum atomic E-state index is 12.4. The van der Waals surface area contributed by atoms with E-state index in [9.17, 15) is 4.79 Å². The Balaban J connectivity index is 2.04. The van der Waals surface area contributed by atoms with Crippen LogP contribution in [0.4, 0.5) is 5.69 Å². The molecular weight excluding hydrogens is 310 g/mol. The monoisotopic (exact) mass is 335 g/mol. The largest absolute Gasteiger partial charge is 0.378 e. The zero-order chi connectivity index (χ0) is 17.5. The Morgan fingerprint density at radius 1 is 1.04 bits per heavy atom. The van der Waals surface area contributed by atoms with Crippen molar-refractivity contribution in [1.82, 2.24) is 0 Å². The van der Waals surface area contributed by atoms with E-state index in [0.29, 0.717) is 12.8 Å². The van der Waals surface area contributed by atoms with Gasteiger partial charge in [-0.25, -0.2) is 0 Å². The SMILES string of the molecule is C=CCC(C=O)(Cc1ccccc1)c1ccccc1N1CCOCC1. The molecule has 1 aliphatic rings. The smallest absolute Gasteiger partial charge is 0.131 e. The number of ether oxygens (including phenoxy) is 1. The van der Waals surface area contributed by atoms with Crippen molar-refractivity contribution in [2.45, 2.75) is 18.3 Å². The molecule has 25 heavy (non-hydrogen) atoms. The molecule has 3 heteroatoms. The maximum Gasteiger partial charge on any atom is 0.131 e. The molecule has 0 aromatic heterocycles. The molecule has 2 aromatic rings. The molecule has 0 bridgehead atoms. The number of allylic oxidation sites excluding steroid dienone is 1. The van der Waals surface area contributed by atoms with Crippen LogP contribution in [0.15, 0.2) is 67.3 Å². The molecule has 1 aliphatic heterocycles. The first-order valence-corrected chi connectivity index (χ1v) is 8.82. The van der Waals surface area contributed by atoms with Gasteiger partial charge in [-0.3, -0.25) is 0 Å². The van der Waals surface area contributed by atoms with Crippen molar-refractivity contribution < 1.29 is 9.53 Å². The molecule has 0 radical (unpaired) electrons. The highest BCUT2D eigenvalue weighted by atomic mass is 16.5. The van der Waals surface area contributed by atoms with Gasteiger partial charge in [0.05, 0.1) is 18.6 Å². The van der Waals surface area contributed by atoms with Crippen LogP contribution in [0.2, 0.25) is 0 Å². The van der Waals surface area contributed by atoms with Gasteiger partial charge in [-0.1, -0.05) is 54.6 Å². The summed E-state index contributed by atoms with van der Waals surface area (Å²) in [4.78, 5) is 14.7. The van der Waals surface area contributed by atoms with E-state index in [1.807, 2.05) is 36.4 Å². The lowest BCUT2D eigenvalue weighted by atomic mass is 9.73. The van der Waals surface area contributed by atoms with E-state index in [-0.39, 0.29) is 0 Å². The second-order valence-corrected chi connectivity index (χ2v) is 6.55. The Labute approximate surface area is 149 Å². The molecule has 3 rings (SSSR count). The standard InChI is InChI=1S/C22H25NO2/c1-2-12-22(18-24,17-19-8-4-3-5-9-19)20-10-6-7-11-21(20)23-13-15-25-16-14-23/h2-11,18H,1,12-17H2. The number of carbonyl (C=O) groups excluding carboxylic acids is 1. The number of hydrogen-bond donors (Lipinski definition) is 0. The average molecular weight is 335 g/mol. The molecule has 0 aliphatic carbocycles. The molecule has 0 spiro atoms. The topological polar surface area (TPSA) is 29.5 Å². The number of anilines is 1. The van der Waals surface area contributed by atoms with Crippen molar-refractivity contribution in [3.8, 4) is 0 Å². The van der Waals surface area contributed by atoms with Crippen molar-refractivity contribution in [1.29, 1.82) is 0 Å². The third-order valence-electron chi connectivity index (χ3n) is 4.89. The molecule has 1 unspecified atom stereocenters. The Kier molecular flexibility index (Phi) is 5.67. The van der Waals surface area contributed by atoms with Gasteiger partial charge in [0.1, 0.15) is 6.29 Å². The van der Waals surface area contributed by atoms with E-state index < -0.39 is 5.41 Å². The van der Waals surface area contributed by atoms with E-state index >= 15 is 0 Å². The molecule has 3 nitrogen and oxygen atoms in total. The number of morpholine rings is 1. The highest BCUT2D eigenvalue weighted by Gasteiger charge is 2.34. The number of nitrogens with zero attached hydrogens (tertiary/aromatic N) is 1. The van der Waals surface area contributed by atoms with Crippen molar-refractivity contribution in [2.24, 2.45) is 0 Å². The summed E-state index contributed by atoms with van der Waals surface area (Å²) in [5.74, 6) is 0. The third-order valence-corrected chi connectivity index (χ3v) is 4.89. The molecule has 0 amide bonds. The van der Waals surface area contributed by atoms with E-state index in [2.05, 4.69) is 35.7 Å². The molecule has 0 saturated carbocycles. The van der Waals surface area contributed by atoms with E-state index in [4.69, 9.17) is 4.74 Å². The summed E-state index contributed by atoms with van der Waals surface area (Å²) < 4.78 is 5.49. The molecule has 1 atom stereocenters. The Morgan fingerprint density at radius 3 is 2.40 bits per heavy atom. The average Bonchev–Trinajstić information content (AvgIpc) is 2.69. The Hall–Kier alpha value is -2.39. The van der Waals surface area contributed by atoms with Gasteiger partial charge >= 0.3 is 0 Å². The molecule has 1 fully saturated rings. The van der Waals surface area contributed by atoms with Gasteiger partial charge in [0.15, 0.2) is 0 Å². The van der Waals surface area contributed by atoms with Crippen LogP contribution in [-0.4, -0.2) is 32.6 Å². The van der Waals surface area contributed by atoms with Gasteiger partial charge in [0.2, 0.25) is 0 Å². The molecule has 0 N–H and O–H groups in total. The lowest BCUT2D eigenvalue weighted by Crippen LogP contribution is -2.39. The van der Waals surface area contributed by atoms with E-state index in [0.717, 1.165) is 49.4 Å². The lowest BCUT2D eigenvalue weighted by molar-refractivity contribution is -0.112. The highest BCUT2D eigenvalue weighted by Crippen LogP contribution is 2.37. The summed E-state index contributed by atoms with van der Waals surface area (Å²) in [6.07, 6.45) is 4.26. The Morgan fingerprint density at radius 2 is 1.72 bits per heavy atom. The minimum Gasteiger partial charge on any atom is -0.378 e. The summed E-state index contributed by atoms with van der Waals surface area (Å²) in [5, 5.41) is 0. The quantitative estimate of drug-likeness (QED) is 0.570. The fraction of sp³-hybridized carbons (Fsp3) is 0.318. The van der Waals surface area contributed by atoms with Crippen LogP contribution in [0.25, 0.3) is 0 Å². The fourth-order valence-electron chi connectivity index (χ4n) is 3.62. The van der Waals surface area contributed by atoms with Gasteiger partial charge < -0.3 is 14.4 Å². The van der Waals surface area contributed by atoms with Crippen LogP contribution in [0.5, 0.6) is 0 Å². The van der Waals surface area contributed by atoms with E-state index in [1.165, 1.54) is 0 Å². The van der Waals surface area contributed by atoms with Gasteiger partial charge in [-0.2, -0.15) is 0 Å². The van der Waals surface area contributed by atoms with Crippen molar-refractivity contribution >= 4 is 12.0 Å². The predicted octanol–water partition coefficient (Wildman–Crippen LogP) is 3.78. The zero-order valence-corrected chi connectivity index (χ0v) is 14.6. The molecule has 1 saturated heterocycles. The summed E-state index contributed by atoms with van der Waals surface area (Å²) in [6.45, 7) is 7.06. The molecular formula is C22H25NO2. The first-order valence-electron chi connectivity index (χ1n) is 8.82. The number of hydrogen-bond acceptors (Lipinski definition) is 3. The minimum absolute atomic E-state index is 0.599. The number of aldehydes is 1. The van der Waals surface area contributed by atoms with Crippen LogP contribution in [0, 0.1) is 0 Å². The van der Waals surface area contributed by atoms with Crippen LogP contribution >= 0.6 is 0 Å². The Bertz CT molecular complexity index is 707. The van der Waals surface area contributed by atoms with Crippen LogP contribution in [-0.2, 0) is 21.4 Å². The molecule has 2 aromatic carbocycles. The first kappa shape index (κ1) is 17.4. The van der Waals surface area contributed by atoms with Gasteiger partial charge in [-0.05, 0) is 30.0 Å². The second kappa shape index (κ2) is 8.13. The van der Waals surface area contributed by atoms with Gasteiger partial charge in [-0.15, -0.1) is 6.58 Å². The summed E-state index contributed by atoms with van der Waals surface area (Å²) in [7, 11) is 0. The zero-order valence-electron chi connectivity index (χ0n) is 14.6. The van der Waals surface area contributed by atoms with Crippen LogP contribution in [0.3, 0.4) is 0 Å². The first-order chi connectivity index (χ1) is 12.3. The van der Waals surface area contributed by atoms with Crippen molar-refractivity contribution in [3.63, 3.8) is 0 Å². The number of para-hydroxylation sites is 1. The summed E-state index contributed by atoms with van der Waals surface area (Å²) in [6, 6.07) is 18.5. The lowest BCUT2D eigenvalue weighted by Gasteiger charge is -2.36. The fourth-order valence-corrected chi connectivity index (χ4v) is 3.62. The van der Waals surface area contributed by atoms with Crippen LogP contribution in [0.1, 0.15) is 17.5 Å². The third kappa shape index (κ3) is 3.83. The predicted molar refractivity (Wildman–Crippen MR) is 102 cm³/mol. The van der Waals surface area contributed by atoms with Crippen LogP contribution < -0.4 is 4.90 Å². The highest BCUT2D eigenvalue weighted by molar-refractivity contribution is 5.75. The maximum absolute atomic E-state index is 12.4. The van der Waals surface area contributed by atoms with Gasteiger partial charge in [0, 0.05) is 18.8 Å². The van der Waals surface area contributed by atoms with Crippen molar-refractivity contribution in [2.75, 3.05) is 31.2 Å².